The van der Waals surface area contributed by atoms with Gasteiger partial charge < -0.3 is 9.84 Å². The third-order valence-electron chi connectivity index (χ3n) is 2.42. The van der Waals surface area contributed by atoms with E-state index in [1.165, 1.54) is 23.1 Å². The Balaban J connectivity index is 2.01. The highest BCUT2D eigenvalue weighted by molar-refractivity contribution is 8.14. The Morgan fingerprint density at radius 2 is 2.19 bits per heavy atom. The third kappa shape index (κ3) is 4.53. The minimum atomic E-state index is -0.929. The molecule has 0 spiro atoms. The van der Waals surface area contributed by atoms with Gasteiger partial charge in [-0.25, -0.2) is 9.78 Å². The van der Waals surface area contributed by atoms with Crippen LogP contribution in [0, 0.1) is 0 Å². The Hall–Kier alpha value is -1.41. The van der Waals surface area contributed by atoms with Gasteiger partial charge in [0, 0.05) is 11.1 Å². The Kier molecular flexibility index (Phi) is 4.67. The number of carbonyl (C=O) groups excluding carboxylic acids is 1. The minimum Gasteiger partial charge on any atom is -0.480 e. The number of thiazole rings is 1. The van der Waals surface area contributed by atoms with Gasteiger partial charge in [-0.3, -0.25) is 9.79 Å². The molecule has 114 valence electrons. The van der Waals surface area contributed by atoms with Crippen LogP contribution >= 0.6 is 23.1 Å². The number of carbonyl (C=O) groups is 2. The van der Waals surface area contributed by atoms with Gasteiger partial charge in [-0.05, 0) is 20.8 Å². The molecule has 1 aliphatic heterocycles. The molecule has 0 fully saturated rings. The van der Waals surface area contributed by atoms with Gasteiger partial charge in [-0.1, -0.05) is 0 Å². The standard InChI is InChI=1S/C13H16N2O4S2/c1-13(2,3)19-10(16)4-9-14-7(5-20-9)11-15-8(6-21-11)12(17)18/h5,8H,4,6H2,1-3H3,(H,17,18). The van der Waals surface area contributed by atoms with Crippen LogP contribution in [0.15, 0.2) is 10.4 Å². The number of nitrogens with zero attached hydrogens (tertiary/aromatic N) is 2. The lowest BCUT2D eigenvalue weighted by atomic mass is 10.2. The van der Waals surface area contributed by atoms with Crippen molar-refractivity contribution < 1.29 is 19.4 Å². The quantitative estimate of drug-likeness (QED) is 0.850. The number of thioether (sulfide) groups is 1. The van der Waals surface area contributed by atoms with E-state index in [4.69, 9.17) is 9.84 Å². The molecule has 0 saturated carbocycles. The van der Waals surface area contributed by atoms with E-state index < -0.39 is 17.6 Å². The number of carboxylic acid groups (broad SMARTS) is 1. The molecule has 2 heterocycles. The molecule has 1 atom stereocenters. The number of esters is 1. The number of aliphatic carboxylic acids is 1. The van der Waals surface area contributed by atoms with Crippen molar-refractivity contribution in [3.05, 3.63) is 16.1 Å². The molecule has 0 saturated heterocycles. The number of ether oxygens (including phenoxy) is 1. The van der Waals surface area contributed by atoms with Gasteiger partial charge in [-0.15, -0.1) is 23.1 Å². The van der Waals surface area contributed by atoms with Crippen LogP contribution in [0.2, 0.25) is 0 Å². The van der Waals surface area contributed by atoms with Gasteiger partial charge in [0.25, 0.3) is 0 Å². The summed E-state index contributed by atoms with van der Waals surface area (Å²) in [4.78, 5) is 31.0. The first-order valence-corrected chi connectivity index (χ1v) is 8.21. The molecule has 0 radical (unpaired) electrons. The predicted molar refractivity (Wildman–Crippen MR) is 82.1 cm³/mol. The minimum absolute atomic E-state index is 0.113. The first-order valence-electron chi connectivity index (χ1n) is 6.34. The summed E-state index contributed by atoms with van der Waals surface area (Å²) in [5.41, 5.74) is 0.115. The van der Waals surface area contributed by atoms with Crippen LogP contribution in [-0.4, -0.2) is 44.5 Å². The molecular formula is C13H16N2O4S2. The molecule has 0 bridgehead atoms. The largest absolute Gasteiger partial charge is 0.480 e. The lowest BCUT2D eigenvalue weighted by Crippen LogP contribution is -2.24. The molecule has 0 aromatic carbocycles. The number of aromatic nitrogens is 1. The molecule has 1 N–H and O–H groups in total. The van der Waals surface area contributed by atoms with Crippen molar-refractivity contribution >= 4 is 40.1 Å². The van der Waals surface area contributed by atoms with E-state index >= 15 is 0 Å². The molecule has 8 heteroatoms. The molecule has 1 aromatic rings. The summed E-state index contributed by atoms with van der Waals surface area (Å²) in [5, 5.41) is 12.0. The fraction of sp³-hybridized carbons (Fsp3) is 0.538. The highest BCUT2D eigenvalue weighted by Gasteiger charge is 2.26. The summed E-state index contributed by atoms with van der Waals surface area (Å²) < 4.78 is 5.24. The second kappa shape index (κ2) is 6.15. The summed E-state index contributed by atoms with van der Waals surface area (Å²) in [6.07, 6.45) is 0.113. The molecule has 1 aliphatic rings. The highest BCUT2D eigenvalue weighted by Crippen LogP contribution is 2.25. The number of aliphatic imine (C=N–C) groups is 1. The van der Waals surface area contributed by atoms with Crippen LogP contribution in [0.25, 0.3) is 0 Å². The first kappa shape index (κ1) is 16.0. The Bertz CT molecular complexity index is 589. The average molecular weight is 328 g/mol. The van der Waals surface area contributed by atoms with Crippen LogP contribution in [-0.2, 0) is 20.7 Å². The molecule has 21 heavy (non-hydrogen) atoms. The molecule has 2 rings (SSSR count). The van der Waals surface area contributed by atoms with Crippen molar-refractivity contribution in [1.29, 1.82) is 0 Å². The lowest BCUT2D eigenvalue weighted by Gasteiger charge is -2.18. The number of hydrogen-bond donors (Lipinski definition) is 1. The van der Waals surface area contributed by atoms with E-state index in [9.17, 15) is 9.59 Å². The summed E-state index contributed by atoms with van der Waals surface area (Å²) in [7, 11) is 0. The normalized spacial score (nSPS) is 18.4. The second-order valence-electron chi connectivity index (χ2n) is 5.49. The Morgan fingerprint density at radius 1 is 1.48 bits per heavy atom. The van der Waals surface area contributed by atoms with Crippen molar-refractivity contribution in [3.63, 3.8) is 0 Å². The van der Waals surface area contributed by atoms with E-state index in [1.807, 2.05) is 20.8 Å². The van der Waals surface area contributed by atoms with Crippen LogP contribution in [0.4, 0.5) is 0 Å². The Morgan fingerprint density at radius 3 is 2.76 bits per heavy atom. The predicted octanol–water partition coefficient (Wildman–Crippen LogP) is 1.97. The number of carboxylic acids is 1. The van der Waals surface area contributed by atoms with Crippen LogP contribution < -0.4 is 0 Å². The number of rotatable bonds is 4. The average Bonchev–Trinajstić information content (AvgIpc) is 2.93. The second-order valence-corrected chi connectivity index (χ2v) is 7.44. The summed E-state index contributed by atoms with van der Waals surface area (Å²) in [6.45, 7) is 5.44. The third-order valence-corrected chi connectivity index (χ3v) is 4.34. The lowest BCUT2D eigenvalue weighted by molar-refractivity contribution is -0.153. The first-order chi connectivity index (χ1) is 9.74. The fourth-order valence-electron chi connectivity index (χ4n) is 1.63. The maximum atomic E-state index is 11.7. The van der Waals surface area contributed by atoms with E-state index in [-0.39, 0.29) is 12.4 Å². The van der Waals surface area contributed by atoms with Crippen molar-refractivity contribution in [1.82, 2.24) is 4.98 Å². The van der Waals surface area contributed by atoms with Crippen LogP contribution in [0.1, 0.15) is 31.5 Å². The van der Waals surface area contributed by atoms with Crippen molar-refractivity contribution in [2.75, 3.05) is 5.75 Å². The highest BCUT2D eigenvalue weighted by atomic mass is 32.2. The van der Waals surface area contributed by atoms with Gasteiger partial charge in [0.1, 0.15) is 21.3 Å². The van der Waals surface area contributed by atoms with Crippen LogP contribution in [0.5, 0.6) is 0 Å². The Labute approximate surface area is 130 Å². The topological polar surface area (TPSA) is 88.9 Å². The number of hydrogen-bond acceptors (Lipinski definition) is 7. The van der Waals surface area contributed by atoms with Gasteiger partial charge in [0.2, 0.25) is 0 Å². The van der Waals surface area contributed by atoms with Gasteiger partial charge in [-0.2, -0.15) is 0 Å². The van der Waals surface area contributed by atoms with E-state index in [0.717, 1.165) is 0 Å². The monoisotopic (exact) mass is 328 g/mol. The van der Waals surface area contributed by atoms with E-state index in [0.29, 0.717) is 21.5 Å². The molecule has 0 amide bonds. The smallest absolute Gasteiger partial charge is 0.329 e. The molecule has 0 aliphatic carbocycles. The van der Waals surface area contributed by atoms with Crippen molar-refractivity contribution in [2.45, 2.75) is 38.8 Å². The van der Waals surface area contributed by atoms with Crippen LogP contribution in [0.3, 0.4) is 0 Å². The maximum Gasteiger partial charge on any atom is 0.329 e. The van der Waals surface area contributed by atoms with Gasteiger partial charge in [0.15, 0.2) is 6.04 Å². The van der Waals surface area contributed by atoms with Crippen molar-refractivity contribution in [3.8, 4) is 0 Å². The molecule has 1 unspecified atom stereocenters. The van der Waals surface area contributed by atoms with E-state index in [1.54, 1.807) is 5.38 Å². The summed E-state index contributed by atoms with van der Waals surface area (Å²) in [5.74, 6) is -0.835. The zero-order valence-corrected chi connectivity index (χ0v) is 13.6. The summed E-state index contributed by atoms with van der Waals surface area (Å²) >= 11 is 2.72. The van der Waals surface area contributed by atoms with Gasteiger partial charge in [0.05, 0.1) is 6.42 Å². The summed E-state index contributed by atoms with van der Waals surface area (Å²) in [6, 6.07) is -0.707. The molecule has 6 nitrogen and oxygen atoms in total. The SMILES string of the molecule is CC(C)(C)OC(=O)Cc1nc(C2=NC(C(=O)O)CS2)cs1. The zero-order chi connectivity index (χ0) is 15.6. The van der Waals surface area contributed by atoms with Gasteiger partial charge >= 0.3 is 11.9 Å². The fourth-order valence-corrected chi connectivity index (χ4v) is 3.46. The van der Waals surface area contributed by atoms with Crippen molar-refractivity contribution in [2.24, 2.45) is 4.99 Å². The van der Waals surface area contributed by atoms with E-state index in [2.05, 4.69) is 9.98 Å². The molecule has 1 aromatic heterocycles. The zero-order valence-electron chi connectivity index (χ0n) is 12.0. The maximum absolute atomic E-state index is 11.7. The molecular weight excluding hydrogens is 312 g/mol.